The highest BCUT2D eigenvalue weighted by molar-refractivity contribution is 7.89. The molecular formula is C22H29N3O2S. The quantitative estimate of drug-likeness (QED) is 0.555. The van der Waals surface area contributed by atoms with Gasteiger partial charge in [-0.15, -0.1) is 0 Å². The van der Waals surface area contributed by atoms with E-state index in [1.54, 1.807) is 7.05 Å². The summed E-state index contributed by atoms with van der Waals surface area (Å²) in [5.74, 6) is 0.855. The fourth-order valence-corrected chi connectivity index (χ4v) is 4.48. The second-order valence-electron chi connectivity index (χ2n) is 7.67. The number of hydrogen-bond acceptors (Lipinski definition) is 3. The summed E-state index contributed by atoms with van der Waals surface area (Å²) in [6, 6.07) is 18.4. The second-order valence-corrected chi connectivity index (χ2v) is 9.81. The van der Waals surface area contributed by atoms with Crippen molar-refractivity contribution in [3.05, 3.63) is 71.3 Å². The maximum absolute atomic E-state index is 11.4. The van der Waals surface area contributed by atoms with Gasteiger partial charge >= 0.3 is 0 Å². The van der Waals surface area contributed by atoms with E-state index in [4.69, 9.17) is 0 Å². The first-order valence-corrected chi connectivity index (χ1v) is 11.7. The van der Waals surface area contributed by atoms with Crippen molar-refractivity contribution >= 4 is 15.8 Å². The van der Waals surface area contributed by atoms with E-state index in [0.29, 0.717) is 6.54 Å². The third-order valence-electron chi connectivity index (χ3n) is 5.43. The zero-order valence-corrected chi connectivity index (χ0v) is 17.4. The predicted molar refractivity (Wildman–Crippen MR) is 115 cm³/mol. The Labute approximate surface area is 168 Å². The van der Waals surface area contributed by atoms with E-state index in [0.717, 1.165) is 23.6 Å². The lowest BCUT2D eigenvalue weighted by Gasteiger charge is -2.43. The van der Waals surface area contributed by atoms with Crippen molar-refractivity contribution in [1.29, 1.82) is 0 Å². The number of nitrogens with zero attached hydrogens (tertiary/aromatic N) is 1. The Kier molecular flexibility index (Phi) is 6.39. The van der Waals surface area contributed by atoms with Gasteiger partial charge in [0.15, 0.2) is 15.8 Å². The van der Waals surface area contributed by atoms with Crippen molar-refractivity contribution in [1.82, 2.24) is 10.6 Å². The molecule has 0 aliphatic heterocycles. The topological polar surface area (TPSA) is 70.6 Å². The van der Waals surface area contributed by atoms with Gasteiger partial charge in [-0.3, -0.25) is 4.99 Å². The van der Waals surface area contributed by atoms with Gasteiger partial charge in [0.1, 0.15) is 0 Å². The van der Waals surface area contributed by atoms with Crippen molar-refractivity contribution in [2.45, 2.75) is 37.0 Å². The summed E-state index contributed by atoms with van der Waals surface area (Å²) >= 11 is 0. The van der Waals surface area contributed by atoms with Crippen LogP contribution < -0.4 is 10.6 Å². The van der Waals surface area contributed by atoms with Crippen LogP contribution in [0.2, 0.25) is 0 Å². The maximum Gasteiger partial charge on any atom is 0.191 e. The van der Waals surface area contributed by atoms with Crippen molar-refractivity contribution in [3.63, 3.8) is 0 Å². The lowest BCUT2D eigenvalue weighted by atomic mass is 9.64. The van der Waals surface area contributed by atoms with Gasteiger partial charge in [0.2, 0.25) is 0 Å². The van der Waals surface area contributed by atoms with E-state index in [1.807, 2.05) is 24.3 Å². The van der Waals surface area contributed by atoms with Gasteiger partial charge in [-0.1, -0.05) is 61.0 Å². The third kappa shape index (κ3) is 5.35. The fraction of sp³-hybridized carbons (Fsp3) is 0.409. The molecule has 0 unspecified atom stereocenters. The molecule has 0 heterocycles. The molecular weight excluding hydrogens is 370 g/mol. The Hall–Kier alpha value is -2.34. The summed E-state index contributed by atoms with van der Waals surface area (Å²) in [5.41, 5.74) is 3.49. The number of aliphatic imine (C=N–C) groups is 1. The average molecular weight is 400 g/mol. The molecule has 5 nitrogen and oxygen atoms in total. The molecule has 2 aromatic rings. The molecule has 0 saturated heterocycles. The monoisotopic (exact) mass is 399 g/mol. The summed E-state index contributed by atoms with van der Waals surface area (Å²) in [6.45, 7) is 1.50. The molecule has 0 spiro atoms. The standard InChI is InChI=1S/C22H29N3O2S/c1-23-21(24-15-18-9-11-19(12-10-18)16-28(2,26)27)25-17-22(13-6-14-22)20-7-4-3-5-8-20/h3-5,7-12H,6,13-17H2,1-2H3,(H2,23,24,25). The van der Waals surface area contributed by atoms with Crippen LogP contribution in [0.4, 0.5) is 0 Å². The van der Waals surface area contributed by atoms with Gasteiger partial charge in [-0.2, -0.15) is 0 Å². The van der Waals surface area contributed by atoms with E-state index >= 15 is 0 Å². The Bertz CT molecular complexity index is 903. The Morgan fingerprint density at radius 2 is 1.64 bits per heavy atom. The Morgan fingerprint density at radius 1 is 1.00 bits per heavy atom. The molecule has 0 bridgehead atoms. The molecule has 2 aromatic carbocycles. The predicted octanol–water partition coefficient (Wildman–Crippen LogP) is 3.02. The van der Waals surface area contributed by atoms with E-state index in [2.05, 4.69) is 46.0 Å². The molecule has 150 valence electrons. The number of guanidine groups is 1. The lowest BCUT2D eigenvalue weighted by Crippen LogP contribution is -2.48. The molecule has 0 atom stereocenters. The van der Waals surface area contributed by atoms with E-state index < -0.39 is 9.84 Å². The average Bonchev–Trinajstić information content (AvgIpc) is 2.64. The van der Waals surface area contributed by atoms with Gasteiger partial charge < -0.3 is 10.6 Å². The first-order chi connectivity index (χ1) is 13.4. The molecule has 1 aliphatic rings. The van der Waals surface area contributed by atoms with E-state index in [1.165, 1.54) is 31.1 Å². The van der Waals surface area contributed by atoms with Gasteiger partial charge in [0.25, 0.3) is 0 Å². The molecule has 1 fully saturated rings. The van der Waals surface area contributed by atoms with Crippen molar-refractivity contribution in [3.8, 4) is 0 Å². The summed E-state index contributed by atoms with van der Waals surface area (Å²) in [4.78, 5) is 4.34. The highest BCUT2D eigenvalue weighted by Crippen LogP contribution is 2.43. The number of sulfone groups is 1. The van der Waals surface area contributed by atoms with Crippen LogP contribution in [-0.4, -0.2) is 34.2 Å². The highest BCUT2D eigenvalue weighted by Gasteiger charge is 2.38. The smallest absolute Gasteiger partial charge is 0.191 e. The first-order valence-electron chi connectivity index (χ1n) is 9.66. The third-order valence-corrected chi connectivity index (χ3v) is 6.28. The normalized spacial score (nSPS) is 16.3. The Morgan fingerprint density at radius 3 is 2.18 bits per heavy atom. The number of nitrogens with one attached hydrogen (secondary N) is 2. The molecule has 1 saturated carbocycles. The Balaban J connectivity index is 1.54. The van der Waals surface area contributed by atoms with Crippen molar-refractivity contribution < 1.29 is 8.42 Å². The zero-order chi connectivity index (χ0) is 20.0. The van der Waals surface area contributed by atoms with Crippen LogP contribution in [-0.2, 0) is 27.5 Å². The fourth-order valence-electron chi connectivity index (χ4n) is 3.68. The molecule has 1 aliphatic carbocycles. The first kappa shape index (κ1) is 20.4. The van der Waals surface area contributed by atoms with Gasteiger partial charge in [-0.25, -0.2) is 8.42 Å². The minimum absolute atomic E-state index is 0.0749. The summed E-state index contributed by atoms with van der Waals surface area (Å²) in [5, 5.41) is 6.83. The maximum atomic E-state index is 11.4. The van der Waals surface area contributed by atoms with Gasteiger partial charge in [0.05, 0.1) is 5.75 Å². The summed E-state index contributed by atoms with van der Waals surface area (Å²) in [7, 11) is -1.23. The van der Waals surface area contributed by atoms with E-state index in [9.17, 15) is 8.42 Å². The number of hydrogen-bond donors (Lipinski definition) is 2. The largest absolute Gasteiger partial charge is 0.356 e. The highest BCUT2D eigenvalue weighted by atomic mass is 32.2. The van der Waals surface area contributed by atoms with E-state index in [-0.39, 0.29) is 11.2 Å². The second kappa shape index (κ2) is 8.78. The molecule has 6 heteroatoms. The van der Waals surface area contributed by atoms with Gasteiger partial charge in [-0.05, 0) is 29.5 Å². The van der Waals surface area contributed by atoms with Crippen LogP contribution in [0.3, 0.4) is 0 Å². The van der Waals surface area contributed by atoms with Crippen LogP contribution >= 0.6 is 0 Å². The number of rotatable bonds is 7. The minimum Gasteiger partial charge on any atom is -0.356 e. The molecule has 2 N–H and O–H groups in total. The van der Waals surface area contributed by atoms with Crippen LogP contribution in [0, 0.1) is 0 Å². The van der Waals surface area contributed by atoms with Gasteiger partial charge in [0, 0.05) is 31.8 Å². The van der Waals surface area contributed by atoms with Crippen LogP contribution in [0.1, 0.15) is 36.0 Å². The molecule has 3 rings (SSSR count). The molecule has 0 amide bonds. The van der Waals surface area contributed by atoms with Crippen molar-refractivity contribution in [2.24, 2.45) is 4.99 Å². The summed E-state index contributed by atoms with van der Waals surface area (Å²) < 4.78 is 22.8. The van der Waals surface area contributed by atoms with Crippen LogP contribution in [0.15, 0.2) is 59.6 Å². The van der Waals surface area contributed by atoms with Crippen molar-refractivity contribution in [2.75, 3.05) is 19.8 Å². The molecule has 0 aromatic heterocycles. The SMILES string of the molecule is CN=C(NCc1ccc(CS(C)(=O)=O)cc1)NCC1(c2ccccc2)CCC1. The molecule has 28 heavy (non-hydrogen) atoms. The number of benzene rings is 2. The van der Waals surface area contributed by atoms with Crippen LogP contribution in [0.5, 0.6) is 0 Å². The zero-order valence-electron chi connectivity index (χ0n) is 16.6. The molecule has 0 radical (unpaired) electrons. The van der Waals surface area contributed by atoms with Crippen LogP contribution in [0.25, 0.3) is 0 Å². The summed E-state index contributed by atoms with van der Waals surface area (Å²) in [6.07, 6.45) is 4.91. The minimum atomic E-state index is -3.01. The lowest BCUT2D eigenvalue weighted by molar-refractivity contribution is 0.244.